The number of halogens is 2. The zero-order valence-electron chi connectivity index (χ0n) is 9.34. The van der Waals surface area contributed by atoms with E-state index >= 15 is 0 Å². The molecule has 0 saturated carbocycles. The van der Waals surface area contributed by atoms with Crippen molar-refractivity contribution >= 4 is 6.08 Å². The van der Waals surface area contributed by atoms with Gasteiger partial charge >= 0.3 is 6.61 Å². The van der Waals surface area contributed by atoms with Gasteiger partial charge in [0.2, 0.25) is 0 Å². The summed E-state index contributed by atoms with van der Waals surface area (Å²) >= 11 is 0. The molecular formula is C12H15F2NO. The summed E-state index contributed by atoms with van der Waals surface area (Å²) in [6.07, 6.45) is 1.99. The molecule has 1 rings (SSSR count). The first-order valence-electron chi connectivity index (χ1n) is 4.98. The summed E-state index contributed by atoms with van der Waals surface area (Å²) in [5, 5.41) is 3.03. The highest BCUT2D eigenvalue weighted by atomic mass is 19.3. The van der Waals surface area contributed by atoms with E-state index in [9.17, 15) is 8.78 Å². The molecule has 0 unspecified atom stereocenters. The highest BCUT2D eigenvalue weighted by Crippen LogP contribution is 2.16. The predicted molar refractivity (Wildman–Crippen MR) is 60.7 cm³/mol. The Bertz CT molecular complexity index is 347. The lowest BCUT2D eigenvalue weighted by atomic mass is 10.1. The van der Waals surface area contributed by atoms with Gasteiger partial charge in [-0.05, 0) is 31.7 Å². The van der Waals surface area contributed by atoms with Gasteiger partial charge in [-0.2, -0.15) is 8.78 Å². The van der Waals surface area contributed by atoms with Crippen LogP contribution in [0.4, 0.5) is 8.78 Å². The van der Waals surface area contributed by atoms with Crippen LogP contribution >= 0.6 is 0 Å². The Hall–Kier alpha value is -1.42. The third-order valence-corrected chi connectivity index (χ3v) is 1.97. The number of alkyl halides is 2. The molecule has 0 aliphatic carbocycles. The van der Waals surface area contributed by atoms with E-state index in [0.29, 0.717) is 0 Å². The van der Waals surface area contributed by atoms with Gasteiger partial charge in [-0.1, -0.05) is 23.8 Å². The molecule has 1 aromatic carbocycles. The van der Waals surface area contributed by atoms with Crippen LogP contribution in [-0.2, 0) is 0 Å². The molecule has 88 valence electrons. The third-order valence-electron chi connectivity index (χ3n) is 1.97. The quantitative estimate of drug-likeness (QED) is 0.835. The summed E-state index contributed by atoms with van der Waals surface area (Å²) in [5.41, 5.74) is 2.14. The Labute approximate surface area is 93.9 Å². The number of hydrogen-bond donors (Lipinski definition) is 1. The lowest BCUT2D eigenvalue weighted by Gasteiger charge is -2.04. The van der Waals surface area contributed by atoms with E-state index in [1.807, 2.05) is 20.0 Å². The average molecular weight is 227 g/mol. The minimum absolute atomic E-state index is 0.179. The first kappa shape index (κ1) is 12.6. The normalized spacial score (nSPS) is 11.9. The van der Waals surface area contributed by atoms with E-state index < -0.39 is 6.61 Å². The molecule has 2 nitrogen and oxygen atoms in total. The van der Waals surface area contributed by atoms with Gasteiger partial charge in [0.25, 0.3) is 0 Å². The van der Waals surface area contributed by atoms with Crippen molar-refractivity contribution < 1.29 is 13.5 Å². The van der Waals surface area contributed by atoms with Crippen molar-refractivity contribution in [2.24, 2.45) is 0 Å². The fraction of sp³-hybridized carbons (Fsp3) is 0.333. The molecule has 0 amide bonds. The topological polar surface area (TPSA) is 21.3 Å². The fourth-order valence-electron chi connectivity index (χ4n) is 1.36. The van der Waals surface area contributed by atoms with E-state index in [2.05, 4.69) is 10.1 Å². The van der Waals surface area contributed by atoms with E-state index in [0.717, 1.165) is 12.1 Å². The van der Waals surface area contributed by atoms with Crippen molar-refractivity contribution in [3.05, 3.63) is 35.4 Å². The molecular weight excluding hydrogens is 212 g/mol. The van der Waals surface area contributed by atoms with Crippen molar-refractivity contribution in [2.45, 2.75) is 13.5 Å². The molecule has 1 aromatic rings. The minimum Gasteiger partial charge on any atom is -0.435 e. The summed E-state index contributed by atoms with van der Waals surface area (Å²) in [4.78, 5) is 0. The molecule has 0 spiro atoms. The maximum atomic E-state index is 11.9. The Morgan fingerprint density at radius 2 is 2.00 bits per heavy atom. The molecule has 1 N–H and O–H groups in total. The van der Waals surface area contributed by atoms with Crippen molar-refractivity contribution in [3.8, 4) is 5.75 Å². The van der Waals surface area contributed by atoms with Crippen LogP contribution in [0.15, 0.2) is 29.8 Å². The van der Waals surface area contributed by atoms with Gasteiger partial charge in [0, 0.05) is 6.54 Å². The Morgan fingerprint density at radius 3 is 2.50 bits per heavy atom. The molecule has 0 fully saturated rings. The monoisotopic (exact) mass is 227 g/mol. The van der Waals surface area contributed by atoms with Gasteiger partial charge in [0.1, 0.15) is 5.75 Å². The van der Waals surface area contributed by atoms with Crippen molar-refractivity contribution in [2.75, 3.05) is 13.6 Å². The zero-order valence-corrected chi connectivity index (χ0v) is 9.34. The van der Waals surface area contributed by atoms with Gasteiger partial charge in [0.15, 0.2) is 0 Å². The van der Waals surface area contributed by atoms with Crippen molar-refractivity contribution in [3.63, 3.8) is 0 Å². The van der Waals surface area contributed by atoms with Gasteiger partial charge in [-0.25, -0.2) is 0 Å². The van der Waals surface area contributed by atoms with Crippen molar-refractivity contribution in [1.29, 1.82) is 0 Å². The van der Waals surface area contributed by atoms with Crippen LogP contribution in [0.5, 0.6) is 5.75 Å². The number of nitrogens with one attached hydrogen (secondary N) is 1. The lowest BCUT2D eigenvalue weighted by Crippen LogP contribution is -2.08. The molecule has 0 aliphatic heterocycles. The third kappa shape index (κ3) is 4.40. The Morgan fingerprint density at radius 1 is 1.38 bits per heavy atom. The molecule has 16 heavy (non-hydrogen) atoms. The molecule has 4 heteroatoms. The van der Waals surface area contributed by atoms with E-state index in [1.165, 1.54) is 17.7 Å². The van der Waals surface area contributed by atoms with Crippen molar-refractivity contribution in [1.82, 2.24) is 5.32 Å². The van der Waals surface area contributed by atoms with Gasteiger partial charge in [-0.3, -0.25) is 0 Å². The maximum absolute atomic E-state index is 11.9. The van der Waals surface area contributed by atoms with Crippen LogP contribution in [0.2, 0.25) is 0 Å². The molecule has 0 bridgehead atoms. The van der Waals surface area contributed by atoms with Crippen LogP contribution in [0.25, 0.3) is 6.08 Å². The van der Waals surface area contributed by atoms with Gasteiger partial charge in [-0.15, -0.1) is 0 Å². The highest BCUT2D eigenvalue weighted by Gasteiger charge is 2.02. The predicted octanol–water partition coefficient (Wildman–Crippen LogP) is 2.91. The summed E-state index contributed by atoms with van der Waals surface area (Å²) in [5.74, 6) is 0.179. The Kier molecular flexibility index (Phi) is 4.92. The van der Waals surface area contributed by atoms with Crippen LogP contribution < -0.4 is 10.1 Å². The fourth-order valence-corrected chi connectivity index (χ4v) is 1.36. The molecule has 0 heterocycles. The Balaban J connectivity index is 2.67. The van der Waals surface area contributed by atoms with Crippen LogP contribution in [0.3, 0.4) is 0 Å². The largest absolute Gasteiger partial charge is 0.435 e. The molecule has 0 saturated heterocycles. The van der Waals surface area contributed by atoms with Gasteiger partial charge in [0.05, 0.1) is 0 Å². The smallest absolute Gasteiger partial charge is 0.387 e. The molecule has 0 aliphatic rings. The zero-order chi connectivity index (χ0) is 12.0. The number of hydrogen-bond acceptors (Lipinski definition) is 2. The van der Waals surface area contributed by atoms with Crippen LogP contribution in [-0.4, -0.2) is 20.2 Å². The standard InChI is InChI=1S/C12H15F2NO/c1-9(8-15-2)7-10-3-5-11(6-4-10)16-12(13)14/h3-7,12,15H,8H2,1-2H3. The van der Waals surface area contributed by atoms with Crippen LogP contribution in [0, 0.1) is 0 Å². The second-order valence-electron chi connectivity index (χ2n) is 3.47. The minimum atomic E-state index is -2.77. The van der Waals surface area contributed by atoms with Crippen LogP contribution in [0.1, 0.15) is 12.5 Å². The number of ether oxygens (including phenoxy) is 1. The number of benzene rings is 1. The lowest BCUT2D eigenvalue weighted by molar-refractivity contribution is -0.0498. The summed E-state index contributed by atoms with van der Waals surface area (Å²) in [7, 11) is 1.87. The molecule has 0 aromatic heterocycles. The number of rotatable bonds is 5. The first-order chi connectivity index (χ1) is 7.61. The first-order valence-corrected chi connectivity index (χ1v) is 4.98. The second kappa shape index (κ2) is 6.23. The highest BCUT2D eigenvalue weighted by molar-refractivity contribution is 5.53. The SMILES string of the molecule is CNCC(C)=Cc1ccc(OC(F)F)cc1. The summed E-state index contributed by atoms with van der Waals surface area (Å²) in [6.45, 7) is 0.0300. The van der Waals surface area contributed by atoms with E-state index in [-0.39, 0.29) is 5.75 Å². The summed E-state index contributed by atoms with van der Waals surface area (Å²) < 4.78 is 28.0. The maximum Gasteiger partial charge on any atom is 0.387 e. The summed E-state index contributed by atoms with van der Waals surface area (Å²) in [6, 6.07) is 6.56. The van der Waals surface area contributed by atoms with E-state index in [4.69, 9.17) is 0 Å². The number of likely N-dealkylation sites (N-methyl/N-ethyl adjacent to an activating group) is 1. The second-order valence-corrected chi connectivity index (χ2v) is 3.47. The average Bonchev–Trinajstić information content (AvgIpc) is 2.20. The van der Waals surface area contributed by atoms with E-state index in [1.54, 1.807) is 12.1 Å². The molecule has 0 atom stereocenters. The van der Waals surface area contributed by atoms with Gasteiger partial charge < -0.3 is 10.1 Å². The molecule has 0 radical (unpaired) electrons.